The first-order chi connectivity index (χ1) is 4.74. The first-order valence-corrected chi connectivity index (χ1v) is 2.93. The molecule has 1 rings (SSSR count). The summed E-state index contributed by atoms with van der Waals surface area (Å²) in [6, 6.07) is 0. The molecular formula is C6H10ClN3O. The van der Waals surface area contributed by atoms with Crippen molar-refractivity contribution in [2.45, 2.75) is 13.5 Å². The van der Waals surface area contributed by atoms with Gasteiger partial charge in [-0.25, -0.2) is 9.97 Å². The molecule has 1 heterocycles. The number of halogens is 1. The molecule has 11 heavy (non-hydrogen) atoms. The molecule has 0 aromatic carbocycles. The van der Waals surface area contributed by atoms with E-state index in [0.29, 0.717) is 17.2 Å². The zero-order valence-electron chi connectivity index (χ0n) is 6.11. The van der Waals surface area contributed by atoms with Crippen LogP contribution >= 0.6 is 12.4 Å². The molecule has 0 saturated heterocycles. The number of hydrogen-bond donors (Lipinski definition) is 2. The average Bonchev–Trinajstić information content (AvgIpc) is 1.88. The molecule has 0 bridgehead atoms. The molecule has 1 aromatic heterocycles. The number of aliphatic hydroxyl groups excluding tert-OH is 1. The van der Waals surface area contributed by atoms with Gasteiger partial charge < -0.3 is 10.8 Å². The van der Waals surface area contributed by atoms with Crippen LogP contribution in [0.25, 0.3) is 0 Å². The van der Waals surface area contributed by atoms with Gasteiger partial charge in [0, 0.05) is 11.8 Å². The fourth-order valence-corrected chi connectivity index (χ4v) is 0.634. The Labute approximate surface area is 70.9 Å². The summed E-state index contributed by atoms with van der Waals surface area (Å²) in [5.41, 5.74) is 6.00. The van der Waals surface area contributed by atoms with Gasteiger partial charge in [-0.3, -0.25) is 0 Å². The number of aryl methyl sites for hydroxylation is 1. The minimum Gasteiger partial charge on any atom is -0.391 e. The SMILES string of the molecule is Cc1ncc(CO)c(N)n1.Cl. The Kier molecular flexibility index (Phi) is 3.78. The van der Waals surface area contributed by atoms with Gasteiger partial charge in [0.1, 0.15) is 11.6 Å². The van der Waals surface area contributed by atoms with Crippen molar-refractivity contribution in [2.75, 3.05) is 5.73 Å². The van der Waals surface area contributed by atoms with Crippen molar-refractivity contribution >= 4 is 18.2 Å². The number of rotatable bonds is 1. The Hall–Kier alpha value is -0.870. The number of nitrogens with two attached hydrogens (primary N) is 1. The lowest BCUT2D eigenvalue weighted by Crippen LogP contribution is -2.00. The Bertz CT molecular complexity index is 241. The van der Waals surface area contributed by atoms with Crippen molar-refractivity contribution in [3.8, 4) is 0 Å². The number of nitrogens with zero attached hydrogens (tertiary/aromatic N) is 2. The van der Waals surface area contributed by atoms with E-state index in [1.54, 1.807) is 6.92 Å². The quantitative estimate of drug-likeness (QED) is 0.643. The van der Waals surface area contributed by atoms with Crippen LogP contribution in [-0.4, -0.2) is 15.1 Å². The second-order valence-corrected chi connectivity index (χ2v) is 1.99. The molecule has 0 fully saturated rings. The molecule has 0 aliphatic rings. The predicted molar refractivity (Wildman–Crippen MR) is 44.4 cm³/mol. The maximum absolute atomic E-state index is 8.65. The average molecular weight is 176 g/mol. The maximum atomic E-state index is 8.65. The van der Waals surface area contributed by atoms with Crippen LogP contribution in [0.15, 0.2) is 6.20 Å². The zero-order valence-corrected chi connectivity index (χ0v) is 6.93. The van der Waals surface area contributed by atoms with Gasteiger partial charge in [-0.2, -0.15) is 0 Å². The van der Waals surface area contributed by atoms with Crippen molar-refractivity contribution < 1.29 is 5.11 Å². The Morgan fingerprint density at radius 2 is 2.27 bits per heavy atom. The fraction of sp³-hybridized carbons (Fsp3) is 0.333. The Morgan fingerprint density at radius 1 is 1.64 bits per heavy atom. The second-order valence-electron chi connectivity index (χ2n) is 1.99. The topological polar surface area (TPSA) is 72.0 Å². The van der Waals surface area contributed by atoms with E-state index in [1.165, 1.54) is 6.20 Å². The van der Waals surface area contributed by atoms with E-state index < -0.39 is 0 Å². The minimum atomic E-state index is -0.105. The monoisotopic (exact) mass is 175 g/mol. The molecule has 4 nitrogen and oxygen atoms in total. The third-order valence-corrected chi connectivity index (χ3v) is 1.19. The van der Waals surface area contributed by atoms with Crippen molar-refractivity contribution in [2.24, 2.45) is 0 Å². The van der Waals surface area contributed by atoms with Crippen LogP contribution in [0.4, 0.5) is 5.82 Å². The molecule has 3 N–H and O–H groups in total. The lowest BCUT2D eigenvalue weighted by Gasteiger charge is -1.99. The van der Waals surface area contributed by atoms with Gasteiger partial charge in [0.05, 0.1) is 6.61 Å². The summed E-state index contributed by atoms with van der Waals surface area (Å²) < 4.78 is 0. The molecule has 0 unspecified atom stereocenters. The Morgan fingerprint density at radius 3 is 2.73 bits per heavy atom. The molecule has 0 atom stereocenters. The van der Waals surface area contributed by atoms with E-state index >= 15 is 0 Å². The number of anilines is 1. The molecular weight excluding hydrogens is 166 g/mol. The van der Waals surface area contributed by atoms with Crippen molar-refractivity contribution in [1.29, 1.82) is 0 Å². The highest BCUT2D eigenvalue weighted by atomic mass is 35.5. The van der Waals surface area contributed by atoms with E-state index in [0.717, 1.165) is 0 Å². The van der Waals surface area contributed by atoms with E-state index in [4.69, 9.17) is 10.8 Å². The van der Waals surface area contributed by atoms with E-state index in [1.807, 2.05) is 0 Å². The van der Waals surface area contributed by atoms with Gasteiger partial charge in [0.15, 0.2) is 0 Å². The van der Waals surface area contributed by atoms with Crippen LogP contribution < -0.4 is 5.73 Å². The number of hydrogen-bond acceptors (Lipinski definition) is 4. The highest BCUT2D eigenvalue weighted by Gasteiger charge is 1.97. The first kappa shape index (κ1) is 10.1. The number of nitrogen functional groups attached to an aromatic ring is 1. The highest BCUT2D eigenvalue weighted by molar-refractivity contribution is 5.85. The Balaban J connectivity index is 0.000001000. The van der Waals surface area contributed by atoms with E-state index in [9.17, 15) is 0 Å². The van der Waals surface area contributed by atoms with Crippen LogP contribution in [0.3, 0.4) is 0 Å². The summed E-state index contributed by atoms with van der Waals surface area (Å²) in [6.07, 6.45) is 1.53. The highest BCUT2D eigenvalue weighted by Crippen LogP contribution is 2.05. The van der Waals surface area contributed by atoms with Crippen molar-refractivity contribution in [3.63, 3.8) is 0 Å². The van der Waals surface area contributed by atoms with Gasteiger partial charge >= 0.3 is 0 Å². The van der Waals surface area contributed by atoms with Crippen LogP contribution in [0.2, 0.25) is 0 Å². The second kappa shape index (κ2) is 4.10. The molecule has 5 heteroatoms. The predicted octanol–water partition coefficient (Wildman–Crippen LogP) is 0.281. The summed E-state index contributed by atoms with van der Waals surface area (Å²) in [5.74, 6) is 0.977. The van der Waals surface area contributed by atoms with E-state index in [2.05, 4.69) is 9.97 Å². The third-order valence-electron chi connectivity index (χ3n) is 1.19. The largest absolute Gasteiger partial charge is 0.391 e. The van der Waals surface area contributed by atoms with Gasteiger partial charge in [-0.15, -0.1) is 12.4 Å². The van der Waals surface area contributed by atoms with Crippen LogP contribution in [0.5, 0.6) is 0 Å². The fourth-order valence-electron chi connectivity index (χ4n) is 0.634. The summed E-state index contributed by atoms with van der Waals surface area (Å²) >= 11 is 0. The van der Waals surface area contributed by atoms with Gasteiger partial charge in [0.25, 0.3) is 0 Å². The molecule has 0 aliphatic heterocycles. The maximum Gasteiger partial charge on any atom is 0.132 e. The van der Waals surface area contributed by atoms with Crippen LogP contribution in [0.1, 0.15) is 11.4 Å². The number of aliphatic hydroxyl groups is 1. The summed E-state index contributed by atoms with van der Waals surface area (Å²) in [4.78, 5) is 7.71. The summed E-state index contributed by atoms with van der Waals surface area (Å²) in [6.45, 7) is 1.64. The molecule has 62 valence electrons. The zero-order chi connectivity index (χ0) is 7.56. The van der Waals surface area contributed by atoms with Crippen LogP contribution in [0, 0.1) is 6.92 Å². The third kappa shape index (κ3) is 2.32. The van der Waals surface area contributed by atoms with E-state index in [-0.39, 0.29) is 19.0 Å². The molecule has 0 saturated carbocycles. The van der Waals surface area contributed by atoms with Gasteiger partial charge in [-0.1, -0.05) is 0 Å². The van der Waals surface area contributed by atoms with Crippen molar-refractivity contribution in [1.82, 2.24) is 9.97 Å². The lowest BCUT2D eigenvalue weighted by molar-refractivity contribution is 0.281. The molecule has 0 amide bonds. The standard InChI is InChI=1S/C6H9N3O.ClH/c1-4-8-2-5(3-10)6(7)9-4;/h2,10H,3H2,1H3,(H2,7,8,9);1H. The molecule has 0 aliphatic carbocycles. The smallest absolute Gasteiger partial charge is 0.132 e. The normalized spacial score (nSPS) is 8.91. The first-order valence-electron chi connectivity index (χ1n) is 2.93. The van der Waals surface area contributed by atoms with Gasteiger partial charge in [0.2, 0.25) is 0 Å². The van der Waals surface area contributed by atoms with Crippen LogP contribution in [-0.2, 0) is 6.61 Å². The van der Waals surface area contributed by atoms with Gasteiger partial charge in [-0.05, 0) is 6.92 Å². The minimum absolute atomic E-state index is 0. The molecule has 1 aromatic rings. The van der Waals surface area contributed by atoms with Crippen molar-refractivity contribution in [3.05, 3.63) is 17.6 Å². The number of aromatic nitrogens is 2. The molecule has 0 radical (unpaired) electrons. The molecule has 0 spiro atoms. The lowest BCUT2D eigenvalue weighted by atomic mass is 10.3. The summed E-state index contributed by atoms with van der Waals surface area (Å²) in [7, 11) is 0. The summed E-state index contributed by atoms with van der Waals surface area (Å²) in [5, 5.41) is 8.65.